The van der Waals surface area contributed by atoms with Crippen molar-refractivity contribution in [1.82, 2.24) is 15.1 Å². The highest BCUT2D eigenvalue weighted by Crippen LogP contribution is 2.32. The number of carbonyl (C=O) groups is 2. The lowest BCUT2D eigenvalue weighted by Gasteiger charge is -2.26. The van der Waals surface area contributed by atoms with E-state index in [4.69, 9.17) is 4.74 Å². The quantitative estimate of drug-likeness (QED) is 0.402. The third-order valence-electron chi connectivity index (χ3n) is 4.97. The van der Waals surface area contributed by atoms with Gasteiger partial charge in [-0.15, -0.1) is 35.8 Å². The maximum absolute atomic E-state index is 13.5. The van der Waals surface area contributed by atoms with Crippen molar-refractivity contribution in [3.05, 3.63) is 53.6 Å². The molecule has 204 valence electrons. The first-order valence-corrected chi connectivity index (χ1v) is 11.5. The van der Waals surface area contributed by atoms with Gasteiger partial charge < -0.3 is 14.8 Å². The number of benzene rings is 2. The minimum atomic E-state index is -5.03. The van der Waals surface area contributed by atoms with E-state index in [9.17, 15) is 31.5 Å². The van der Waals surface area contributed by atoms with Crippen LogP contribution < -0.4 is 15.4 Å². The summed E-state index contributed by atoms with van der Waals surface area (Å²) in [6.45, 7) is 1.71. The fraction of sp³-hybridized carbons (Fsp3) is 0.273. The maximum Gasteiger partial charge on any atom is 0.573 e. The predicted octanol–water partition coefficient (Wildman–Crippen LogP) is 4.33. The third kappa shape index (κ3) is 8.05. The van der Waals surface area contributed by atoms with Gasteiger partial charge in [-0.3, -0.25) is 19.8 Å². The zero-order valence-corrected chi connectivity index (χ0v) is 20.8. The van der Waals surface area contributed by atoms with Crippen molar-refractivity contribution in [1.29, 1.82) is 0 Å². The molecule has 1 aliphatic rings. The average molecular weight is 580 g/mol. The Bertz CT molecular complexity index is 1280. The largest absolute Gasteiger partial charge is 0.573 e. The Morgan fingerprint density at radius 2 is 1.71 bits per heavy atom. The lowest BCUT2D eigenvalue weighted by atomic mass is 10.1. The summed E-state index contributed by atoms with van der Waals surface area (Å²) in [5, 5.41) is 12.4. The van der Waals surface area contributed by atoms with E-state index in [0.29, 0.717) is 32.4 Å². The summed E-state index contributed by atoms with van der Waals surface area (Å²) in [5.41, 5.74) is -0.379. The van der Waals surface area contributed by atoms with Gasteiger partial charge in [0, 0.05) is 30.3 Å². The molecule has 2 heterocycles. The molecule has 0 atom stereocenters. The van der Waals surface area contributed by atoms with Gasteiger partial charge in [0.2, 0.25) is 11.0 Å². The molecule has 38 heavy (non-hydrogen) atoms. The van der Waals surface area contributed by atoms with E-state index in [1.165, 1.54) is 0 Å². The van der Waals surface area contributed by atoms with Crippen LogP contribution in [0.25, 0.3) is 10.6 Å². The van der Waals surface area contributed by atoms with Gasteiger partial charge in [0.1, 0.15) is 16.6 Å². The van der Waals surface area contributed by atoms with Crippen molar-refractivity contribution in [3.8, 4) is 16.3 Å². The first-order chi connectivity index (χ1) is 17.6. The monoisotopic (exact) mass is 579 g/mol. The Balaban J connectivity index is 0.00000400. The molecule has 0 spiro atoms. The molecule has 2 N–H and O–H groups in total. The molecule has 1 saturated heterocycles. The Kier molecular flexibility index (Phi) is 9.54. The predicted molar refractivity (Wildman–Crippen MR) is 129 cm³/mol. The van der Waals surface area contributed by atoms with E-state index in [-0.39, 0.29) is 45.9 Å². The summed E-state index contributed by atoms with van der Waals surface area (Å²) in [5.74, 6) is -3.73. The second-order valence-electron chi connectivity index (χ2n) is 7.72. The third-order valence-corrected chi connectivity index (χ3v) is 5.86. The van der Waals surface area contributed by atoms with Crippen LogP contribution in [-0.2, 0) is 9.53 Å². The normalized spacial score (nSPS) is 13.9. The topological polar surface area (TPSA) is 106 Å². The number of hydrogen-bond donors (Lipinski definition) is 2. The average Bonchev–Trinajstić information content (AvgIpc) is 3.28. The second-order valence-corrected chi connectivity index (χ2v) is 8.70. The Morgan fingerprint density at radius 3 is 2.37 bits per heavy atom. The van der Waals surface area contributed by atoms with Crippen LogP contribution in [0, 0.1) is 11.6 Å². The van der Waals surface area contributed by atoms with E-state index in [1.807, 2.05) is 0 Å². The number of halogens is 6. The fourth-order valence-corrected chi connectivity index (χ4v) is 4.10. The summed E-state index contributed by atoms with van der Waals surface area (Å²) in [6, 6.07) is 5.76. The van der Waals surface area contributed by atoms with Crippen LogP contribution in [0.1, 0.15) is 10.4 Å². The zero-order chi connectivity index (χ0) is 26.6. The van der Waals surface area contributed by atoms with Gasteiger partial charge in [0.25, 0.3) is 5.91 Å². The molecule has 9 nitrogen and oxygen atoms in total. The van der Waals surface area contributed by atoms with Gasteiger partial charge >= 0.3 is 6.36 Å². The Morgan fingerprint density at radius 1 is 1.03 bits per heavy atom. The molecule has 2 aromatic carbocycles. The molecule has 0 radical (unpaired) electrons. The number of aromatic nitrogens is 2. The summed E-state index contributed by atoms with van der Waals surface area (Å²) in [7, 11) is 0. The zero-order valence-electron chi connectivity index (χ0n) is 19.2. The van der Waals surface area contributed by atoms with Crippen molar-refractivity contribution in [3.63, 3.8) is 0 Å². The van der Waals surface area contributed by atoms with Gasteiger partial charge in [-0.05, 0) is 30.3 Å². The van der Waals surface area contributed by atoms with Crippen LogP contribution in [-0.4, -0.2) is 66.1 Å². The number of ether oxygens (including phenoxy) is 2. The van der Waals surface area contributed by atoms with Crippen molar-refractivity contribution in [2.75, 3.05) is 43.5 Å². The Hall–Kier alpha value is -3.40. The molecule has 1 aromatic heterocycles. The Labute approximate surface area is 222 Å². The molecule has 4 rings (SSSR count). The van der Waals surface area contributed by atoms with E-state index in [2.05, 4.69) is 25.6 Å². The molecule has 1 fully saturated rings. The molecular weight excluding hydrogens is 561 g/mol. The molecule has 0 unspecified atom stereocenters. The summed E-state index contributed by atoms with van der Waals surface area (Å²) in [6.07, 6.45) is -5.03. The SMILES string of the molecule is Cl.O=C(CN1CCOCC1)Nc1cc(C(=O)Nc2nnc(-c3cc(F)cc(F)c3)s2)ccc1OC(F)(F)F. The van der Waals surface area contributed by atoms with Gasteiger partial charge in [-0.1, -0.05) is 11.3 Å². The van der Waals surface area contributed by atoms with Crippen molar-refractivity contribution in [2.24, 2.45) is 0 Å². The van der Waals surface area contributed by atoms with Gasteiger partial charge in [0.15, 0.2) is 5.75 Å². The molecule has 2 amide bonds. The summed E-state index contributed by atoms with van der Waals surface area (Å²) < 4.78 is 74.8. The van der Waals surface area contributed by atoms with Crippen LogP contribution in [0.4, 0.5) is 32.8 Å². The highest BCUT2D eigenvalue weighted by Gasteiger charge is 2.32. The lowest BCUT2D eigenvalue weighted by molar-refractivity contribution is -0.274. The van der Waals surface area contributed by atoms with Crippen LogP contribution in [0.5, 0.6) is 5.75 Å². The van der Waals surface area contributed by atoms with E-state index < -0.39 is 35.6 Å². The smallest absolute Gasteiger partial charge is 0.404 e. The van der Waals surface area contributed by atoms with E-state index in [0.717, 1.165) is 41.7 Å². The number of carbonyl (C=O) groups excluding carboxylic acids is 2. The molecule has 3 aromatic rings. The molecule has 0 bridgehead atoms. The molecular formula is C22H19ClF5N5O4S. The number of nitrogens with zero attached hydrogens (tertiary/aromatic N) is 3. The van der Waals surface area contributed by atoms with Crippen molar-refractivity contribution < 1.29 is 41.0 Å². The summed E-state index contributed by atoms with van der Waals surface area (Å²) >= 11 is 0.825. The molecule has 0 saturated carbocycles. The molecule has 16 heteroatoms. The number of alkyl halides is 3. The van der Waals surface area contributed by atoms with Gasteiger partial charge in [-0.25, -0.2) is 8.78 Å². The number of anilines is 2. The minimum absolute atomic E-state index is 0. The highest BCUT2D eigenvalue weighted by molar-refractivity contribution is 7.18. The number of amides is 2. The maximum atomic E-state index is 13.5. The van der Waals surface area contributed by atoms with Crippen molar-refractivity contribution >= 4 is 46.4 Å². The van der Waals surface area contributed by atoms with E-state index in [1.54, 1.807) is 4.90 Å². The number of nitrogens with one attached hydrogen (secondary N) is 2. The first kappa shape index (κ1) is 29.2. The van der Waals surface area contributed by atoms with Crippen LogP contribution in [0.2, 0.25) is 0 Å². The van der Waals surface area contributed by atoms with Crippen LogP contribution in [0.15, 0.2) is 36.4 Å². The van der Waals surface area contributed by atoms with E-state index >= 15 is 0 Å². The minimum Gasteiger partial charge on any atom is -0.404 e. The van der Waals surface area contributed by atoms with Crippen LogP contribution in [0.3, 0.4) is 0 Å². The highest BCUT2D eigenvalue weighted by atomic mass is 35.5. The standard InChI is InChI=1S/C22H18F5N5O4S.ClH/c23-14-7-13(8-15(24)10-14)20-30-31-21(37-20)29-19(34)12-1-2-17(36-22(25,26)27)16(9-12)28-18(33)11-32-3-5-35-6-4-32;/h1-2,7-10H,3-6,11H2,(H,28,33)(H,29,31,34);1H. The van der Waals surface area contributed by atoms with Crippen molar-refractivity contribution in [2.45, 2.75) is 6.36 Å². The van der Waals surface area contributed by atoms with Gasteiger partial charge in [-0.2, -0.15) is 0 Å². The lowest BCUT2D eigenvalue weighted by Crippen LogP contribution is -2.41. The summed E-state index contributed by atoms with van der Waals surface area (Å²) in [4.78, 5) is 26.9. The second kappa shape index (κ2) is 12.4. The first-order valence-electron chi connectivity index (χ1n) is 10.7. The number of hydrogen-bond acceptors (Lipinski definition) is 8. The number of rotatable bonds is 7. The fourth-order valence-electron chi connectivity index (χ4n) is 3.37. The van der Waals surface area contributed by atoms with Gasteiger partial charge in [0.05, 0.1) is 25.4 Å². The van der Waals surface area contributed by atoms with Crippen LogP contribution >= 0.6 is 23.7 Å². The molecule has 1 aliphatic heterocycles. The number of morpholine rings is 1. The molecule has 0 aliphatic carbocycles.